The lowest BCUT2D eigenvalue weighted by molar-refractivity contribution is 0.180. The second kappa shape index (κ2) is 2.62. The Labute approximate surface area is 71.1 Å². The van der Waals surface area contributed by atoms with E-state index in [0.717, 1.165) is 18.4 Å². The molecule has 2 nitrogen and oxygen atoms in total. The van der Waals surface area contributed by atoms with Crippen molar-refractivity contribution in [1.29, 1.82) is 5.26 Å². The first-order chi connectivity index (χ1) is 5.81. The van der Waals surface area contributed by atoms with Crippen LogP contribution in [0.15, 0.2) is 18.2 Å². The third kappa shape index (κ3) is 0.992. The smallest absolute Gasteiger partial charge is 0.0991 e. The summed E-state index contributed by atoms with van der Waals surface area (Å²) in [6, 6.07) is 7.59. The Kier molecular flexibility index (Phi) is 1.60. The van der Waals surface area contributed by atoms with Crippen molar-refractivity contribution in [1.82, 2.24) is 0 Å². The Bertz CT molecular complexity index is 351. The van der Waals surface area contributed by atoms with Crippen LogP contribution in [0.2, 0.25) is 0 Å². The van der Waals surface area contributed by atoms with Crippen LogP contribution in [0.25, 0.3) is 0 Å². The number of aliphatic hydroxyl groups is 1. The summed E-state index contributed by atoms with van der Waals surface area (Å²) in [4.78, 5) is 0. The predicted molar refractivity (Wildman–Crippen MR) is 44.4 cm³/mol. The molecule has 0 aliphatic heterocycles. The van der Waals surface area contributed by atoms with E-state index in [2.05, 4.69) is 6.07 Å². The van der Waals surface area contributed by atoms with E-state index in [-0.39, 0.29) is 6.10 Å². The Balaban J connectivity index is 2.52. The molecule has 1 aromatic rings. The Morgan fingerprint density at radius 3 is 3.08 bits per heavy atom. The molecule has 0 saturated heterocycles. The van der Waals surface area contributed by atoms with Crippen LogP contribution >= 0.6 is 0 Å². The van der Waals surface area contributed by atoms with Gasteiger partial charge in [-0.15, -0.1) is 0 Å². The van der Waals surface area contributed by atoms with E-state index >= 15 is 0 Å². The van der Waals surface area contributed by atoms with E-state index in [4.69, 9.17) is 5.26 Å². The minimum Gasteiger partial charge on any atom is -0.388 e. The second-order valence-electron chi connectivity index (χ2n) is 3.08. The van der Waals surface area contributed by atoms with E-state index in [9.17, 15) is 5.11 Å². The molecule has 0 spiro atoms. The van der Waals surface area contributed by atoms with Gasteiger partial charge < -0.3 is 5.11 Å². The van der Waals surface area contributed by atoms with E-state index in [1.807, 2.05) is 6.07 Å². The molecular formula is C10H9NO. The van der Waals surface area contributed by atoms with Crippen molar-refractivity contribution in [2.75, 3.05) is 0 Å². The van der Waals surface area contributed by atoms with Gasteiger partial charge in [0.2, 0.25) is 0 Å². The van der Waals surface area contributed by atoms with Crippen molar-refractivity contribution in [3.63, 3.8) is 0 Å². The van der Waals surface area contributed by atoms with Crippen molar-refractivity contribution in [3.05, 3.63) is 34.9 Å². The van der Waals surface area contributed by atoms with E-state index < -0.39 is 0 Å². The second-order valence-corrected chi connectivity index (χ2v) is 3.08. The van der Waals surface area contributed by atoms with Crippen molar-refractivity contribution >= 4 is 0 Å². The summed E-state index contributed by atoms with van der Waals surface area (Å²) < 4.78 is 0. The Morgan fingerprint density at radius 1 is 1.50 bits per heavy atom. The van der Waals surface area contributed by atoms with Crippen LogP contribution < -0.4 is 0 Å². The van der Waals surface area contributed by atoms with Crippen LogP contribution in [0.4, 0.5) is 0 Å². The van der Waals surface area contributed by atoms with Gasteiger partial charge in [-0.3, -0.25) is 0 Å². The first kappa shape index (κ1) is 7.33. The molecule has 1 N–H and O–H groups in total. The monoisotopic (exact) mass is 159 g/mol. The largest absolute Gasteiger partial charge is 0.388 e. The minimum atomic E-state index is -0.353. The topological polar surface area (TPSA) is 44.0 Å². The number of hydrogen-bond acceptors (Lipinski definition) is 2. The predicted octanol–water partition coefficient (Wildman–Crippen LogP) is 1.54. The molecule has 12 heavy (non-hydrogen) atoms. The first-order valence-corrected chi connectivity index (χ1v) is 4.02. The van der Waals surface area contributed by atoms with E-state index in [1.165, 1.54) is 5.56 Å². The minimum absolute atomic E-state index is 0.353. The number of benzene rings is 1. The fourth-order valence-corrected chi connectivity index (χ4v) is 1.65. The average Bonchev–Trinajstić information content (AvgIpc) is 2.47. The molecule has 0 unspecified atom stereocenters. The third-order valence-electron chi connectivity index (χ3n) is 2.32. The number of rotatable bonds is 0. The van der Waals surface area contributed by atoms with Gasteiger partial charge in [0.25, 0.3) is 0 Å². The molecule has 2 rings (SSSR count). The maximum absolute atomic E-state index is 9.49. The van der Waals surface area contributed by atoms with Crippen molar-refractivity contribution in [3.8, 4) is 6.07 Å². The molecule has 1 aliphatic rings. The molecule has 0 aromatic heterocycles. The highest BCUT2D eigenvalue weighted by Gasteiger charge is 2.19. The van der Waals surface area contributed by atoms with Crippen LogP contribution in [0.5, 0.6) is 0 Å². The van der Waals surface area contributed by atoms with Crippen molar-refractivity contribution in [2.24, 2.45) is 0 Å². The zero-order valence-electron chi connectivity index (χ0n) is 6.62. The lowest BCUT2D eigenvalue weighted by Gasteiger charge is -2.02. The van der Waals surface area contributed by atoms with Gasteiger partial charge in [0.05, 0.1) is 17.7 Å². The van der Waals surface area contributed by atoms with Crippen LogP contribution in [0, 0.1) is 11.3 Å². The fraction of sp³-hybridized carbons (Fsp3) is 0.300. The van der Waals surface area contributed by atoms with Crippen molar-refractivity contribution in [2.45, 2.75) is 18.9 Å². The van der Waals surface area contributed by atoms with Crippen molar-refractivity contribution < 1.29 is 5.11 Å². The highest BCUT2D eigenvalue weighted by molar-refractivity contribution is 5.41. The Morgan fingerprint density at radius 2 is 2.33 bits per heavy atom. The molecule has 0 bridgehead atoms. The molecular weight excluding hydrogens is 150 g/mol. The number of hydrogen-bond donors (Lipinski definition) is 1. The summed E-state index contributed by atoms with van der Waals surface area (Å²) >= 11 is 0. The molecule has 0 amide bonds. The van der Waals surface area contributed by atoms with Crippen LogP contribution in [0.3, 0.4) is 0 Å². The first-order valence-electron chi connectivity index (χ1n) is 4.02. The lowest BCUT2D eigenvalue weighted by Crippen LogP contribution is -1.90. The van der Waals surface area contributed by atoms with Gasteiger partial charge in [-0.1, -0.05) is 6.07 Å². The van der Waals surface area contributed by atoms with Crippen LogP contribution in [-0.2, 0) is 6.42 Å². The van der Waals surface area contributed by atoms with Gasteiger partial charge in [0, 0.05) is 0 Å². The maximum Gasteiger partial charge on any atom is 0.0991 e. The molecule has 2 heteroatoms. The van der Waals surface area contributed by atoms with Gasteiger partial charge in [-0.25, -0.2) is 0 Å². The number of nitrogens with zero attached hydrogens (tertiary/aromatic N) is 1. The normalized spacial score (nSPS) is 20.2. The molecule has 0 heterocycles. The summed E-state index contributed by atoms with van der Waals surface area (Å²) in [5.74, 6) is 0. The van der Waals surface area contributed by atoms with Crippen LogP contribution in [0.1, 0.15) is 29.2 Å². The molecule has 1 atom stereocenters. The summed E-state index contributed by atoms with van der Waals surface area (Å²) in [5.41, 5.74) is 2.75. The maximum atomic E-state index is 9.49. The van der Waals surface area contributed by atoms with Gasteiger partial charge in [0.15, 0.2) is 0 Å². The summed E-state index contributed by atoms with van der Waals surface area (Å²) in [5, 5.41) is 18.1. The highest BCUT2D eigenvalue weighted by Crippen LogP contribution is 2.31. The zero-order chi connectivity index (χ0) is 8.55. The van der Waals surface area contributed by atoms with Gasteiger partial charge in [-0.2, -0.15) is 5.26 Å². The van der Waals surface area contributed by atoms with E-state index in [0.29, 0.717) is 5.56 Å². The number of nitriles is 1. The highest BCUT2D eigenvalue weighted by atomic mass is 16.3. The molecule has 1 aromatic carbocycles. The molecule has 0 fully saturated rings. The van der Waals surface area contributed by atoms with Crippen LogP contribution in [-0.4, -0.2) is 5.11 Å². The number of aryl methyl sites for hydroxylation is 1. The molecule has 0 radical (unpaired) electrons. The fourth-order valence-electron chi connectivity index (χ4n) is 1.65. The average molecular weight is 159 g/mol. The SMILES string of the molecule is N#Cc1ccc2c(c1)[C@H](O)CC2. The van der Waals surface area contributed by atoms with E-state index in [1.54, 1.807) is 12.1 Å². The molecule has 60 valence electrons. The standard InChI is InChI=1S/C10H9NO/c11-6-7-1-2-8-3-4-10(12)9(8)5-7/h1-2,5,10,12H,3-4H2/t10-/m1/s1. The zero-order valence-corrected chi connectivity index (χ0v) is 6.62. The third-order valence-corrected chi connectivity index (χ3v) is 2.32. The summed E-state index contributed by atoms with van der Waals surface area (Å²) in [6.07, 6.45) is 1.38. The van der Waals surface area contributed by atoms with Gasteiger partial charge in [0.1, 0.15) is 0 Å². The van der Waals surface area contributed by atoms with Gasteiger partial charge >= 0.3 is 0 Å². The molecule has 0 saturated carbocycles. The number of aliphatic hydroxyl groups excluding tert-OH is 1. The summed E-state index contributed by atoms with van der Waals surface area (Å²) in [6.45, 7) is 0. The molecule has 1 aliphatic carbocycles. The quantitative estimate of drug-likeness (QED) is 0.624. The Hall–Kier alpha value is -1.33. The number of fused-ring (bicyclic) bond motifs is 1. The lowest BCUT2D eigenvalue weighted by atomic mass is 10.1. The summed E-state index contributed by atoms with van der Waals surface area (Å²) in [7, 11) is 0. The van der Waals surface area contributed by atoms with Gasteiger partial charge in [-0.05, 0) is 36.1 Å².